The second-order valence-electron chi connectivity index (χ2n) is 5.70. The van der Waals surface area contributed by atoms with Crippen molar-refractivity contribution in [3.63, 3.8) is 0 Å². The van der Waals surface area contributed by atoms with E-state index in [1.54, 1.807) is 36.4 Å². The highest BCUT2D eigenvalue weighted by Gasteiger charge is 2.18. The number of hydrogen-bond donors (Lipinski definition) is 2. The van der Waals surface area contributed by atoms with Crippen molar-refractivity contribution in [1.82, 2.24) is 0 Å². The van der Waals surface area contributed by atoms with Gasteiger partial charge in [-0.2, -0.15) is 0 Å². The number of para-hydroxylation sites is 2. The van der Waals surface area contributed by atoms with Gasteiger partial charge in [0.25, 0.3) is 5.91 Å². The molecule has 0 saturated heterocycles. The number of carbonyl (C=O) groups is 2. The molecule has 1 amide bonds. The summed E-state index contributed by atoms with van der Waals surface area (Å²) in [5.41, 5.74) is 0.421. The third-order valence-corrected chi connectivity index (χ3v) is 4.18. The normalized spacial score (nSPS) is 10.2. The maximum Gasteiger partial charge on any atom is 0.339 e. The standard InChI is InChI=1S/C21H16ClNO5/c1-27-19-12-17(16(22)11-15(19)21(25)26)23-20(24)14-9-5-6-10-18(14)28-13-7-3-2-4-8-13/h2-12H,1H3,(H,23,24)(H,25,26). The predicted molar refractivity (Wildman–Crippen MR) is 106 cm³/mol. The van der Waals surface area contributed by atoms with Gasteiger partial charge in [0.1, 0.15) is 22.8 Å². The molecule has 2 N–H and O–H groups in total. The van der Waals surface area contributed by atoms with Crippen molar-refractivity contribution in [3.8, 4) is 17.2 Å². The van der Waals surface area contributed by atoms with Crippen LogP contribution in [0.5, 0.6) is 17.2 Å². The van der Waals surface area contributed by atoms with Crippen LogP contribution >= 0.6 is 11.6 Å². The summed E-state index contributed by atoms with van der Waals surface area (Å²) in [6, 6.07) is 18.4. The number of carbonyl (C=O) groups excluding carboxylic acids is 1. The van der Waals surface area contributed by atoms with Gasteiger partial charge in [-0.15, -0.1) is 0 Å². The molecule has 0 aliphatic heterocycles. The Balaban J connectivity index is 1.89. The summed E-state index contributed by atoms with van der Waals surface area (Å²) < 4.78 is 10.9. The second-order valence-corrected chi connectivity index (χ2v) is 6.11. The number of amides is 1. The molecule has 0 aromatic heterocycles. The van der Waals surface area contributed by atoms with E-state index in [2.05, 4.69) is 5.32 Å². The van der Waals surface area contributed by atoms with E-state index in [4.69, 9.17) is 21.1 Å². The number of anilines is 1. The summed E-state index contributed by atoms with van der Waals surface area (Å²) in [6.45, 7) is 0. The summed E-state index contributed by atoms with van der Waals surface area (Å²) >= 11 is 6.14. The first-order valence-corrected chi connectivity index (χ1v) is 8.61. The average molecular weight is 398 g/mol. The molecule has 0 fully saturated rings. The van der Waals surface area contributed by atoms with Crippen molar-refractivity contribution in [3.05, 3.63) is 82.9 Å². The number of benzene rings is 3. The summed E-state index contributed by atoms with van der Waals surface area (Å²) in [5.74, 6) is -0.595. The van der Waals surface area contributed by atoms with Gasteiger partial charge in [0, 0.05) is 6.07 Å². The zero-order valence-corrected chi connectivity index (χ0v) is 15.6. The molecule has 28 heavy (non-hydrogen) atoms. The highest BCUT2D eigenvalue weighted by Crippen LogP contribution is 2.32. The summed E-state index contributed by atoms with van der Waals surface area (Å²) in [6.07, 6.45) is 0. The Labute approximate surface area is 166 Å². The first-order chi connectivity index (χ1) is 13.5. The Kier molecular flexibility index (Phi) is 5.81. The van der Waals surface area contributed by atoms with Crippen LogP contribution in [0.25, 0.3) is 0 Å². The van der Waals surface area contributed by atoms with Gasteiger partial charge in [0.15, 0.2) is 0 Å². The lowest BCUT2D eigenvalue weighted by molar-refractivity contribution is 0.0693. The lowest BCUT2D eigenvalue weighted by Crippen LogP contribution is -2.14. The van der Waals surface area contributed by atoms with Crippen molar-refractivity contribution in [2.75, 3.05) is 12.4 Å². The van der Waals surface area contributed by atoms with Crippen LogP contribution in [0.3, 0.4) is 0 Å². The van der Waals surface area contributed by atoms with E-state index < -0.39 is 11.9 Å². The average Bonchev–Trinajstić information content (AvgIpc) is 2.70. The minimum atomic E-state index is -1.18. The highest BCUT2D eigenvalue weighted by molar-refractivity contribution is 6.34. The molecule has 0 heterocycles. The van der Waals surface area contributed by atoms with Crippen LogP contribution in [-0.4, -0.2) is 24.1 Å². The molecule has 0 unspecified atom stereocenters. The maximum atomic E-state index is 12.8. The molecule has 0 atom stereocenters. The molecule has 0 saturated carbocycles. The molecule has 0 aliphatic rings. The van der Waals surface area contributed by atoms with Gasteiger partial charge < -0.3 is 19.9 Å². The zero-order chi connectivity index (χ0) is 20.1. The summed E-state index contributed by atoms with van der Waals surface area (Å²) in [4.78, 5) is 24.1. The lowest BCUT2D eigenvalue weighted by Gasteiger charge is -2.14. The van der Waals surface area contributed by atoms with Crippen LogP contribution in [-0.2, 0) is 0 Å². The van der Waals surface area contributed by atoms with Crippen molar-refractivity contribution < 1.29 is 24.2 Å². The molecule has 0 radical (unpaired) electrons. The SMILES string of the molecule is COc1cc(NC(=O)c2ccccc2Oc2ccccc2)c(Cl)cc1C(=O)O. The molecule has 3 rings (SSSR count). The summed E-state index contributed by atoms with van der Waals surface area (Å²) in [7, 11) is 1.34. The molecule has 7 heteroatoms. The number of rotatable bonds is 6. The Bertz CT molecular complexity index is 1020. The van der Waals surface area contributed by atoms with Crippen LogP contribution in [0.4, 0.5) is 5.69 Å². The van der Waals surface area contributed by atoms with Crippen LogP contribution in [0.2, 0.25) is 5.02 Å². The van der Waals surface area contributed by atoms with Crippen LogP contribution < -0.4 is 14.8 Å². The number of nitrogens with one attached hydrogen (secondary N) is 1. The maximum absolute atomic E-state index is 12.8. The molecule has 3 aromatic rings. The van der Waals surface area contributed by atoms with Gasteiger partial charge in [0.05, 0.1) is 23.4 Å². The Hall–Kier alpha value is -3.51. The molecule has 0 spiro atoms. The van der Waals surface area contributed by atoms with E-state index >= 15 is 0 Å². The van der Waals surface area contributed by atoms with E-state index in [0.717, 1.165) is 0 Å². The third kappa shape index (κ3) is 4.24. The Morgan fingerprint density at radius 2 is 1.61 bits per heavy atom. The van der Waals surface area contributed by atoms with Gasteiger partial charge >= 0.3 is 5.97 Å². The zero-order valence-electron chi connectivity index (χ0n) is 14.8. The first-order valence-electron chi connectivity index (χ1n) is 8.23. The fourth-order valence-corrected chi connectivity index (χ4v) is 2.74. The molecular formula is C21H16ClNO5. The van der Waals surface area contributed by atoms with Gasteiger partial charge in [0.2, 0.25) is 0 Å². The number of hydrogen-bond acceptors (Lipinski definition) is 4. The quantitative estimate of drug-likeness (QED) is 0.605. The minimum Gasteiger partial charge on any atom is -0.496 e. The number of halogens is 1. The number of carboxylic acids is 1. The van der Waals surface area contributed by atoms with Crippen molar-refractivity contribution >= 4 is 29.2 Å². The number of methoxy groups -OCH3 is 1. The van der Waals surface area contributed by atoms with E-state index in [1.807, 2.05) is 18.2 Å². The minimum absolute atomic E-state index is 0.0769. The van der Waals surface area contributed by atoms with Gasteiger partial charge in [-0.3, -0.25) is 4.79 Å². The fourth-order valence-electron chi connectivity index (χ4n) is 2.53. The van der Waals surface area contributed by atoms with E-state index in [0.29, 0.717) is 17.1 Å². The van der Waals surface area contributed by atoms with Crippen molar-refractivity contribution in [2.24, 2.45) is 0 Å². The number of ether oxygens (including phenoxy) is 2. The van der Waals surface area contributed by atoms with Crippen molar-refractivity contribution in [2.45, 2.75) is 0 Å². The number of aromatic carboxylic acids is 1. The molecule has 142 valence electrons. The van der Waals surface area contributed by atoms with Crippen LogP contribution in [0, 0.1) is 0 Å². The van der Waals surface area contributed by atoms with Crippen LogP contribution in [0.1, 0.15) is 20.7 Å². The predicted octanol–water partition coefficient (Wildman–Crippen LogP) is 5.09. The second kappa shape index (κ2) is 8.45. The van der Waals surface area contributed by atoms with Gasteiger partial charge in [-0.05, 0) is 30.3 Å². The molecule has 6 nitrogen and oxygen atoms in total. The molecule has 0 aliphatic carbocycles. The first kappa shape index (κ1) is 19.3. The monoisotopic (exact) mass is 397 g/mol. The fraction of sp³-hybridized carbons (Fsp3) is 0.0476. The molecule has 0 bridgehead atoms. The summed E-state index contributed by atoms with van der Waals surface area (Å²) in [5, 5.41) is 12.0. The highest BCUT2D eigenvalue weighted by atomic mass is 35.5. The van der Waals surface area contributed by atoms with Crippen LogP contribution in [0.15, 0.2) is 66.7 Å². The van der Waals surface area contributed by atoms with E-state index in [9.17, 15) is 14.7 Å². The number of carboxylic acid groups (broad SMARTS) is 1. The topological polar surface area (TPSA) is 84.9 Å². The smallest absolute Gasteiger partial charge is 0.339 e. The third-order valence-electron chi connectivity index (χ3n) is 3.87. The Morgan fingerprint density at radius 1 is 0.929 bits per heavy atom. The van der Waals surface area contributed by atoms with Gasteiger partial charge in [-0.1, -0.05) is 41.9 Å². The van der Waals surface area contributed by atoms with E-state index in [1.165, 1.54) is 19.2 Å². The van der Waals surface area contributed by atoms with Gasteiger partial charge in [-0.25, -0.2) is 4.79 Å². The van der Waals surface area contributed by atoms with Crippen molar-refractivity contribution in [1.29, 1.82) is 0 Å². The largest absolute Gasteiger partial charge is 0.496 e. The molecular weight excluding hydrogens is 382 g/mol. The lowest BCUT2D eigenvalue weighted by atomic mass is 10.1. The van der Waals surface area contributed by atoms with E-state index in [-0.39, 0.29) is 22.0 Å². The Morgan fingerprint density at radius 3 is 2.29 bits per heavy atom. The molecule has 3 aromatic carbocycles.